The molecule has 7 heteroatoms. The van der Waals surface area contributed by atoms with Gasteiger partial charge in [0.25, 0.3) is 0 Å². The Morgan fingerprint density at radius 3 is 1.79 bits per heavy atom. The van der Waals surface area contributed by atoms with E-state index in [-0.39, 0.29) is 11.6 Å². The minimum absolute atomic E-state index is 0.0588. The maximum atomic E-state index is 14.4. The number of benzene rings is 2. The smallest absolute Gasteiger partial charge is 0.172 e. The summed E-state index contributed by atoms with van der Waals surface area (Å²) in [6, 6.07) is 18.8. The first-order valence-corrected chi connectivity index (χ1v) is 13.7. The minimum atomic E-state index is -1.29. The van der Waals surface area contributed by atoms with Gasteiger partial charge in [-0.2, -0.15) is 10.5 Å². The van der Waals surface area contributed by atoms with Crippen LogP contribution in [0.4, 0.5) is 0 Å². The molecule has 196 valence electrons. The summed E-state index contributed by atoms with van der Waals surface area (Å²) in [4.78, 5) is 30.1. The summed E-state index contributed by atoms with van der Waals surface area (Å²) in [5, 5.41) is 22.6. The Balaban J connectivity index is 1.98. The number of carbonyl (C=O) groups excluding carboxylic acids is 2. The molecular formula is C31H31Cl2N3O2. The Bertz CT molecular complexity index is 1320. The van der Waals surface area contributed by atoms with Gasteiger partial charge < -0.3 is 4.90 Å². The van der Waals surface area contributed by atoms with Crippen LogP contribution in [0.15, 0.2) is 60.3 Å². The van der Waals surface area contributed by atoms with Gasteiger partial charge in [0.1, 0.15) is 5.78 Å². The van der Waals surface area contributed by atoms with E-state index in [4.69, 9.17) is 23.2 Å². The average Bonchev–Trinajstić information content (AvgIpc) is 2.90. The molecule has 2 aliphatic rings. The van der Waals surface area contributed by atoms with E-state index in [1.807, 2.05) is 25.2 Å². The highest BCUT2D eigenvalue weighted by Crippen LogP contribution is 2.54. The highest BCUT2D eigenvalue weighted by atomic mass is 35.5. The van der Waals surface area contributed by atoms with Crippen LogP contribution in [0.5, 0.6) is 0 Å². The first-order valence-electron chi connectivity index (χ1n) is 13.0. The summed E-state index contributed by atoms with van der Waals surface area (Å²) in [6.45, 7) is 0. The van der Waals surface area contributed by atoms with Crippen molar-refractivity contribution in [1.82, 2.24) is 4.90 Å². The Hall–Kier alpha value is -3.12. The lowest BCUT2D eigenvalue weighted by Crippen LogP contribution is -2.55. The zero-order valence-corrected chi connectivity index (χ0v) is 23.2. The normalized spacial score (nSPS) is 26.3. The van der Waals surface area contributed by atoms with E-state index in [0.717, 1.165) is 12.8 Å². The van der Waals surface area contributed by atoms with Crippen LogP contribution in [-0.4, -0.2) is 30.6 Å². The van der Waals surface area contributed by atoms with Crippen molar-refractivity contribution < 1.29 is 9.59 Å². The molecule has 2 fully saturated rings. The van der Waals surface area contributed by atoms with Gasteiger partial charge in [-0.1, -0.05) is 53.9 Å². The first kappa shape index (κ1) is 27.9. The van der Waals surface area contributed by atoms with Crippen molar-refractivity contribution in [3.05, 3.63) is 81.5 Å². The largest absolute Gasteiger partial charge is 0.383 e. The second-order valence-corrected chi connectivity index (χ2v) is 11.5. The summed E-state index contributed by atoms with van der Waals surface area (Å²) in [5.74, 6) is -2.33. The fourth-order valence-electron chi connectivity index (χ4n) is 6.56. The summed E-state index contributed by atoms with van der Waals surface area (Å²) in [5.41, 5.74) is -0.560. The van der Waals surface area contributed by atoms with E-state index < -0.39 is 22.7 Å². The summed E-state index contributed by atoms with van der Waals surface area (Å²) in [6.07, 6.45) is 5.72. The lowest BCUT2D eigenvalue weighted by Gasteiger charge is -2.48. The summed E-state index contributed by atoms with van der Waals surface area (Å²) < 4.78 is 0. The van der Waals surface area contributed by atoms with Crippen molar-refractivity contribution in [2.45, 2.75) is 55.8 Å². The molecular weight excluding hydrogens is 517 g/mol. The molecule has 2 aromatic rings. The Kier molecular flexibility index (Phi) is 8.31. The molecule has 38 heavy (non-hydrogen) atoms. The molecule has 0 aliphatic heterocycles. The Morgan fingerprint density at radius 1 is 0.789 bits per heavy atom. The highest BCUT2D eigenvalue weighted by molar-refractivity contribution is 6.30. The molecule has 4 atom stereocenters. The van der Waals surface area contributed by atoms with Crippen molar-refractivity contribution in [2.75, 3.05) is 14.1 Å². The van der Waals surface area contributed by atoms with E-state index >= 15 is 0 Å². The monoisotopic (exact) mass is 547 g/mol. The van der Waals surface area contributed by atoms with Gasteiger partial charge in [-0.25, -0.2) is 0 Å². The lowest BCUT2D eigenvalue weighted by atomic mass is 9.50. The molecule has 2 aromatic carbocycles. The standard InChI is InChI=1S/C31H31Cl2N3O2/c1-36(2)20-21-6-5-17-31(29(21)38,23-10-14-25(33)15-11-23)27(19-35)26(18-34)30(16-4-3-7-28(30)37)22-8-12-24(32)13-9-22/h8-15,20,26-27H,3-7,16-17H2,1-2H3. The van der Waals surface area contributed by atoms with Gasteiger partial charge in [-0.05, 0) is 67.5 Å². The Labute approximate surface area is 234 Å². The zero-order valence-electron chi connectivity index (χ0n) is 21.7. The molecule has 0 amide bonds. The van der Waals surface area contributed by atoms with Crippen LogP contribution in [0, 0.1) is 34.5 Å². The van der Waals surface area contributed by atoms with E-state index in [1.165, 1.54) is 0 Å². The van der Waals surface area contributed by atoms with Gasteiger partial charge in [-0.3, -0.25) is 9.59 Å². The molecule has 4 rings (SSSR count). The molecule has 0 heterocycles. The SMILES string of the molecule is CN(C)C=C1CCCC(c2ccc(Cl)cc2)(C(C#N)C(C#N)C2(c3ccc(Cl)cc3)CCCCC2=O)C1=O. The second kappa shape index (κ2) is 11.3. The molecule has 0 bridgehead atoms. The fourth-order valence-corrected chi connectivity index (χ4v) is 6.81. The predicted octanol–water partition coefficient (Wildman–Crippen LogP) is 6.79. The van der Waals surface area contributed by atoms with E-state index in [1.54, 1.807) is 48.5 Å². The molecule has 4 unspecified atom stereocenters. The quantitative estimate of drug-likeness (QED) is 0.371. The number of nitrogens with zero attached hydrogens (tertiary/aromatic N) is 3. The number of rotatable bonds is 6. The number of halogens is 2. The third-order valence-electron chi connectivity index (χ3n) is 8.24. The van der Waals surface area contributed by atoms with Gasteiger partial charge in [0.05, 0.1) is 34.8 Å². The van der Waals surface area contributed by atoms with Gasteiger partial charge >= 0.3 is 0 Å². The van der Waals surface area contributed by atoms with Crippen LogP contribution in [0.3, 0.4) is 0 Å². The molecule has 2 aliphatic carbocycles. The van der Waals surface area contributed by atoms with Crippen LogP contribution >= 0.6 is 23.2 Å². The molecule has 0 N–H and O–H groups in total. The maximum Gasteiger partial charge on any atom is 0.172 e. The van der Waals surface area contributed by atoms with Crippen LogP contribution < -0.4 is 0 Å². The number of nitriles is 2. The Morgan fingerprint density at radius 2 is 1.29 bits per heavy atom. The van der Waals surface area contributed by atoms with Gasteiger partial charge in [0.15, 0.2) is 5.78 Å². The third-order valence-corrected chi connectivity index (χ3v) is 8.75. The van der Waals surface area contributed by atoms with Gasteiger partial charge in [0.2, 0.25) is 0 Å². The van der Waals surface area contributed by atoms with Crippen LogP contribution in [-0.2, 0) is 20.4 Å². The van der Waals surface area contributed by atoms with Crippen molar-refractivity contribution in [3.63, 3.8) is 0 Å². The van der Waals surface area contributed by atoms with E-state index in [2.05, 4.69) is 12.1 Å². The predicted molar refractivity (Wildman–Crippen MR) is 149 cm³/mol. The van der Waals surface area contributed by atoms with Crippen molar-refractivity contribution in [3.8, 4) is 12.1 Å². The third kappa shape index (κ3) is 4.75. The van der Waals surface area contributed by atoms with Crippen molar-refractivity contribution >= 4 is 34.8 Å². The molecule has 0 saturated heterocycles. The molecule has 0 spiro atoms. The lowest BCUT2D eigenvalue weighted by molar-refractivity contribution is -0.131. The molecule has 0 aromatic heterocycles. The maximum absolute atomic E-state index is 14.4. The van der Waals surface area contributed by atoms with Crippen LogP contribution in [0.1, 0.15) is 56.1 Å². The number of ketones is 2. The zero-order chi connectivity index (χ0) is 27.5. The van der Waals surface area contributed by atoms with Crippen LogP contribution in [0.2, 0.25) is 10.0 Å². The van der Waals surface area contributed by atoms with Gasteiger partial charge in [0, 0.05) is 42.3 Å². The first-order chi connectivity index (χ1) is 18.2. The molecule has 0 radical (unpaired) electrons. The number of hydrogen-bond acceptors (Lipinski definition) is 5. The van der Waals surface area contributed by atoms with Gasteiger partial charge in [-0.15, -0.1) is 0 Å². The van der Waals surface area contributed by atoms with Crippen molar-refractivity contribution in [2.24, 2.45) is 11.8 Å². The minimum Gasteiger partial charge on any atom is -0.383 e. The highest BCUT2D eigenvalue weighted by Gasteiger charge is 2.59. The van der Waals surface area contributed by atoms with E-state index in [0.29, 0.717) is 58.8 Å². The second-order valence-electron chi connectivity index (χ2n) is 10.6. The van der Waals surface area contributed by atoms with Crippen LogP contribution in [0.25, 0.3) is 0 Å². The fraction of sp³-hybridized carbons (Fsp3) is 0.419. The topological polar surface area (TPSA) is 85.0 Å². The molecule has 2 saturated carbocycles. The number of hydrogen-bond donors (Lipinski definition) is 0. The van der Waals surface area contributed by atoms with E-state index in [9.17, 15) is 20.1 Å². The summed E-state index contributed by atoms with van der Waals surface area (Å²) >= 11 is 12.4. The number of Topliss-reactive ketones (excluding diaryl/α,β-unsaturated/α-hetero) is 2. The summed E-state index contributed by atoms with van der Waals surface area (Å²) in [7, 11) is 3.71. The number of allylic oxidation sites excluding steroid dienone is 1. The van der Waals surface area contributed by atoms with Crippen molar-refractivity contribution in [1.29, 1.82) is 10.5 Å². The molecule has 5 nitrogen and oxygen atoms in total. The average molecular weight is 549 g/mol. The number of carbonyl (C=O) groups is 2.